The van der Waals surface area contributed by atoms with E-state index in [0.717, 1.165) is 0 Å². The van der Waals surface area contributed by atoms with Gasteiger partial charge in [0.05, 0.1) is 0 Å². The van der Waals surface area contributed by atoms with Gasteiger partial charge < -0.3 is 5.32 Å². The van der Waals surface area contributed by atoms with E-state index in [-0.39, 0.29) is 2.85 Å². The molecule has 1 rings (SSSR count). The number of aromatic amines is 1. The van der Waals surface area contributed by atoms with Gasteiger partial charge in [0.2, 0.25) is 5.95 Å². The molecule has 0 aliphatic rings. The molecule has 0 spiro atoms. The van der Waals surface area contributed by atoms with E-state index in [1.165, 1.54) is 6.33 Å². The fourth-order valence-corrected chi connectivity index (χ4v) is 0.326. The van der Waals surface area contributed by atoms with Gasteiger partial charge in [-0.05, 0) is 0 Å². The fraction of sp³-hybridized carbons (Fsp3) is 0.333. The third-order valence-electron chi connectivity index (χ3n) is 0.652. The molecule has 0 saturated carbocycles. The lowest BCUT2D eigenvalue weighted by atomic mass is 11.0. The number of H-pyrrole nitrogens is 1. The van der Waals surface area contributed by atoms with Gasteiger partial charge in [-0.15, -0.1) is 0 Å². The molecule has 2 N–H and O–H groups in total. The van der Waals surface area contributed by atoms with E-state index < -0.39 is 0 Å². The van der Waals surface area contributed by atoms with Gasteiger partial charge in [-0.1, -0.05) is 0 Å². The molecule has 0 fully saturated rings. The van der Waals surface area contributed by atoms with Crippen molar-refractivity contribution in [3.63, 3.8) is 0 Å². The van der Waals surface area contributed by atoms with Gasteiger partial charge >= 0.3 is 0 Å². The van der Waals surface area contributed by atoms with Crippen LogP contribution in [0, 0.1) is 0 Å². The Balaban J connectivity index is 0. The van der Waals surface area contributed by atoms with Crippen molar-refractivity contribution in [3.05, 3.63) is 6.33 Å². The predicted octanol–water partition coefficient (Wildman–Crippen LogP) is 0.338. The first kappa shape index (κ1) is 4.11. The zero-order chi connectivity index (χ0) is 5.11. The third kappa shape index (κ3) is 0.677. The maximum absolute atomic E-state index is 3.76. The lowest BCUT2D eigenvalue weighted by Crippen LogP contribution is -1.88. The Bertz CT molecular complexity index is 128. The van der Waals surface area contributed by atoms with E-state index in [1.807, 2.05) is 0 Å². The minimum atomic E-state index is 0. The van der Waals surface area contributed by atoms with Crippen LogP contribution in [0.25, 0.3) is 0 Å². The van der Waals surface area contributed by atoms with E-state index in [2.05, 4.69) is 20.5 Å². The number of nitrogens with one attached hydrogen (secondary N) is 2. The van der Waals surface area contributed by atoms with Gasteiger partial charge in [-0.3, -0.25) is 0 Å². The van der Waals surface area contributed by atoms with Gasteiger partial charge in [0.15, 0.2) is 0 Å². The molecule has 0 atom stereocenters. The Hall–Kier alpha value is -1.06. The first-order valence-corrected chi connectivity index (χ1v) is 1.96. The molecule has 0 saturated heterocycles. The second-order valence-corrected chi connectivity index (χ2v) is 1.08. The van der Waals surface area contributed by atoms with Gasteiger partial charge in [0.25, 0.3) is 0 Å². The van der Waals surface area contributed by atoms with E-state index in [0.29, 0.717) is 5.95 Å². The van der Waals surface area contributed by atoms with E-state index in [1.54, 1.807) is 7.05 Å². The van der Waals surface area contributed by atoms with Crippen molar-refractivity contribution in [1.82, 2.24) is 15.2 Å². The van der Waals surface area contributed by atoms with Crippen LogP contribution < -0.4 is 5.32 Å². The fourth-order valence-electron chi connectivity index (χ4n) is 0.326. The SMILES string of the molecule is CNc1ncn[nH]1.[HH].[HH]. The van der Waals surface area contributed by atoms with Gasteiger partial charge in [-0.25, -0.2) is 10.1 Å². The van der Waals surface area contributed by atoms with Crippen LogP contribution in [0.4, 0.5) is 5.95 Å². The number of aromatic nitrogens is 3. The molecule has 1 heterocycles. The molecule has 0 aromatic carbocycles. The number of rotatable bonds is 1. The summed E-state index contributed by atoms with van der Waals surface area (Å²) in [6.07, 6.45) is 1.45. The minimum Gasteiger partial charge on any atom is -0.358 e. The Labute approximate surface area is 43.9 Å². The minimum absolute atomic E-state index is 0. The molecule has 1 aromatic heterocycles. The smallest absolute Gasteiger partial charge is 0.218 e. The van der Waals surface area contributed by atoms with Crippen molar-refractivity contribution in [2.45, 2.75) is 0 Å². The summed E-state index contributed by atoms with van der Waals surface area (Å²) in [6.45, 7) is 0. The summed E-state index contributed by atoms with van der Waals surface area (Å²) in [7, 11) is 1.78. The number of nitrogens with zero attached hydrogens (tertiary/aromatic N) is 2. The second-order valence-electron chi connectivity index (χ2n) is 1.08. The molecule has 0 aliphatic carbocycles. The summed E-state index contributed by atoms with van der Waals surface area (Å²) < 4.78 is 0. The van der Waals surface area contributed by atoms with Crippen LogP contribution >= 0.6 is 0 Å². The average molecular weight is 102 g/mol. The second kappa shape index (κ2) is 1.59. The Kier molecular flexibility index (Phi) is 0.934. The highest BCUT2D eigenvalue weighted by Gasteiger charge is 1.82. The number of anilines is 1. The monoisotopic (exact) mass is 102 g/mol. The van der Waals surface area contributed by atoms with Crippen LogP contribution in [-0.4, -0.2) is 22.2 Å². The zero-order valence-corrected chi connectivity index (χ0v) is 3.97. The summed E-state index contributed by atoms with van der Waals surface area (Å²) >= 11 is 0. The van der Waals surface area contributed by atoms with Crippen molar-refractivity contribution < 1.29 is 2.85 Å². The van der Waals surface area contributed by atoms with Gasteiger partial charge in [0.1, 0.15) is 6.33 Å². The van der Waals surface area contributed by atoms with Crippen molar-refractivity contribution in [3.8, 4) is 0 Å². The highest BCUT2D eigenvalue weighted by atomic mass is 15.3. The van der Waals surface area contributed by atoms with Gasteiger partial charge in [0, 0.05) is 9.90 Å². The molecule has 0 aliphatic heterocycles. The molecular formula is C3H10N4. The van der Waals surface area contributed by atoms with Crippen LogP contribution in [0.15, 0.2) is 6.33 Å². The summed E-state index contributed by atoms with van der Waals surface area (Å²) in [5.74, 6) is 0.694. The molecule has 42 valence electrons. The topological polar surface area (TPSA) is 53.6 Å². The number of hydrogen-bond acceptors (Lipinski definition) is 3. The lowest BCUT2D eigenvalue weighted by Gasteiger charge is -1.83. The van der Waals surface area contributed by atoms with Crippen LogP contribution in [0.3, 0.4) is 0 Å². The molecule has 1 aromatic rings. The van der Waals surface area contributed by atoms with Crippen LogP contribution in [0.5, 0.6) is 0 Å². The molecule has 0 radical (unpaired) electrons. The van der Waals surface area contributed by atoms with Gasteiger partial charge in [-0.2, -0.15) is 5.10 Å². The summed E-state index contributed by atoms with van der Waals surface area (Å²) in [6, 6.07) is 0. The average Bonchev–Trinajstić information content (AvgIpc) is 2.14. The maximum Gasteiger partial charge on any atom is 0.218 e. The van der Waals surface area contributed by atoms with Crippen molar-refractivity contribution >= 4 is 5.95 Å². The Morgan fingerprint density at radius 1 is 2.00 bits per heavy atom. The Morgan fingerprint density at radius 3 is 3.14 bits per heavy atom. The van der Waals surface area contributed by atoms with Crippen molar-refractivity contribution in [2.24, 2.45) is 0 Å². The van der Waals surface area contributed by atoms with E-state index >= 15 is 0 Å². The maximum atomic E-state index is 3.76. The molecule has 4 nitrogen and oxygen atoms in total. The normalized spacial score (nSPS) is 8.71. The summed E-state index contributed by atoms with van der Waals surface area (Å²) in [4.78, 5) is 3.76. The molecule has 0 bridgehead atoms. The Morgan fingerprint density at radius 2 is 2.86 bits per heavy atom. The van der Waals surface area contributed by atoms with Crippen molar-refractivity contribution in [1.29, 1.82) is 0 Å². The van der Waals surface area contributed by atoms with Crippen LogP contribution in [0.1, 0.15) is 2.85 Å². The predicted molar refractivity (Wildman–Crippen MR) is 30.2 cm³/mol. The highest BCUT2D eigenvalue weighted by molar-refractivity contribution is 5.17. The third-order valence-corrected chi connectivity index (χ3v) is 0.652. The molecular weight excluding hydrogens is 92.1 g/mol. The lowest BCUT2D eigenvalue weighted by molar-refractivity contribution is 1.09. The largest absolute Gasteiger partial charge is 0.358 e. The first-order chi connectivity index (χ1) is 3.43. The molecule has 4 heteroatoms. The molecule has 7 heavy (non-hydrogen) atoms. The standard InChI is InChI=1S/C3H6N4.2H2/c1-4-3-5-2-6-7-3;;/h2H,1H3,(H2,4,5,6,7);2*1H. The summed E-state index contributed by atoms with van der Waals surface area (Å²) in [5, 5.41) is 8.99. The van der Waals surface area contributed by atoms with E-state index in [4.69, 9.17) is 0 Å². The highest BCUT2D eigenvalue weighted by Crippen LogP contribution is 1.85. The zero-order valence-electron chi connectivity index (χ0n) is 3.97. The van der Waals surface area contributed by atoms with Crippen LogP contribution in [-0.2, 0) is 0 Å². The van der Waals surface area contributed by atoms with Crippen molar-refractivity contribution in [2.75, 3.05) is 12.4 Å². The number of hydrogen-bond donors (Lipinski definition) is 2. The first-order valence-electron chi connectivity index (χ1n) is 1.96. The van der Waals surface area contributed by atoms with Crippen LogP contribution in [0.2, 0.25) is 0 Å². The van der Waals surface area contributed by atoms with E-state index in [9.17, 15) is 0 Å². The quantitative estimate of drug-likeness (QED) is 0.537. The molecule has 0 unspecified atom stereocenters. The summed E-state index contributed by atoms with van der Waals surface area (Å²) in [5.41, 5.74) is 0. The molecule has 0 amide bonds.